The van der Waals surface area contributed by atoms with Gasteiger partial charge in [-0.15, -0.1) is 0 Å². The van der Waals surface area contributed by atoms with Gasteiger partial charge in [0.2, 0.25) is 0 Å². The van der Waals surface area contributed by atoms with Crippen molar-refractivity contribution in [3.05, 3.63) is 29.8 Å². The molecule has 0 aromatic heterocycles. The Morgan fingerprint density at radius 2 is 1.95 bits per heavy atom. The smallest absolute Gasteiger partial charge is 0.419 e. The van der Waals surface area contributed by atoms with E-state index in [1.807, 2.05) is 0 Å². The van der Waals surface area contributed by atoms with Crippen LogP contribution in [0.2, 0.25) is 0 Å². The van der Waals surface area contributed by atoms with Gasteiger partial charge in [0.25, 0.3) is 0 Å². The fraction of sp³-hybridized carbons (Fsp3) is 0.500. The van der Waals surface area contributed by atoms with E-state index in [-0.39, 0.29) is 18.8 Å². The Kier molecular flexibility index (Phi) is 5.60. The summed E-state index contributed by atoms with van der Waals surface area (Å²) in [7, 11) is 0. The molecule has 0 radical (unpaired) electrons. The number of alkyl halides is 3. The number of halogens is 3. The summed E-state index contributed by atoms with van der Waals surface area (Å²) in [6, 6.07) is 4.85. The molecule has 21 heavy (non-hydrogen) atoms. The lowest BCUT2D eigenvalue weighted by molar-refractivity contribution is -0.145. The lowest BCUT2D eigenvalue weighted by Gasteiger charge is -2.26. The number of ether oxygens (including phenoxy) is 1. The zero-order chi connectivity index (χ0) is 16.1. The number of aliphatic carboxylic acids is 1. The topological polar surface area (TPSA) is 58.6 Å². The normalized spacial score (nSPS) is 14.5. The van der Waals surface area contributed by atoms with E-state index in [1.54, 1.807) is 6.92 Å². The number of carbonyl (C=O) groups is 1. The molecule has 0 bridgehead atoms. The number of para-hydroxylation sites is 1. The molecule has 4 nitrogen and oxygen atoms in total. The summed E-state index contributed by atoms with van der Waals surface area (Å²) in [6.07, 6.45) is -4.46. The predicted molar refractivity (Wildman–Crippen MR) is 71.3 cm³/mol. The number of hydrogen-bond donors (Lipinski definition) is 2. The first-order chi connectivity index (χ1) is 9.70. The van der Waals surface area contributed by atoms with E-state index in [4.69, 9.17) is 9.84 Å². The molecule has 0 saturated carbocycles. The van der Waals surface area contributed by atoms with E-state index < -0.39 is 23.2 Å². The standard InChI is InChI=1S/C14H18F3NO3/c1-3-18-13(2,12(19)20)8-9-21-11-7-5-4-6-10(11)14(15,16)17/h4-7,18H,3,8-9H2,1-2H3,(H,19,20). The highest BCUT2D eigenvalue weighted by atomic mass is 19.4. The molecule has 1 unspecified atom stereocenters. The van der Waals surface area contributed by atoms with Gasteiger partial charge in [0, 0.05) is 6.42 Å². The van der Waals surface area contributed by atoms with Crippen molar-refractivity contribution in [1.82, 2.24) is 5.32 Å². The average molecular weight is 305 g/mol. The summed E-state index contributed by atoms with van der Waals surface area (Å²) >= 11 is 0. The van der Waals surface area contributed by atoms with Crippen LogP contribution in [-0.2, 0) is 11.0 Å². The summed E-state index contributed by atoms with van der Waals surface area (Å²) in [6.45, 7) is 3.52. The van der Waals surface area contributed by atoms with Gasteiger partial charge in [-0.2, -0.15) is 13.2 Å². The number of likely N-dealkylation sites (N-methyl/N-ethyl adjacent to an activating group) is 1. The van der Waals surface area contributed by atoms with E-state index in [0.717, 1.165) is 6.07 Å². The third-order valence-corrected chi connectivity index (χ3v) is 3.09. The van der Waals surface area contributed by atoms with Crippen molar-refractivity contribution in [3.63, 3.8) is 0 Å². The molecular formula is C14H18F3NO3. The molecule has 1 aromatic carbocycles. The van der Waals surface area contributed by atoms with Gasteiger partial charge < -0.3 is 15.2 Å². The van der Waals surface area contributed by atoms with Crippen molar-refractivity contribution in [3.8, 4) is 5.75 Å². The minimum atomic E-state index is -4.51. The van der Waals surface area contributed by atoms with Crippen LogP contribution in [-0.4, -0.2) is 29.8 Å². The van der Waals surface area contributed by atoms with Gasteiger partial charge in [-0.25, -0.2) is 0 Å². The molecule has 0 aliphatic carbocycles. The molecule has 0 fully saturated rings. The fourth-order valence-electron chi connectivity index (χ4n) is 1.85. The lowest BCUT2D eigenvalue weighted by atomic mass is 9.98. The highest BCUT2D eigenvalue weighted by Crippen LogP contribution is 2.36. The molecule has 7 heteroatoms. The Morgan fingerprint density at radius 3 is 2.48 bits per heavy atom. The first-order valence-electron chi connectivity index (χ1n) is 6.48. The van der Waals surface area contributed by atoms with Crippen molar-refractivity contribution < 1.29 is 27.8 Å². The van der Waals surface area contributed by atoms with Gasteiger partial charge >= 0.3 is 12.1 Å². The van der Waals surface area contributed by atoms with Crippen molar-refractivity contribution >= 4 is 5.97 Å². The van der Waals surface area contributed by atoms with Crippen LogP contribution in [0, 0.1) is 0 Å². The van der Waals surface area contributed by atoms with Gasteiger partial charge in [-0.1, -0.05) is 19.1 Å². The second kappa shape index (κ2) is 6.80. The number of benzene rings is 1. The zero-order valence-electron chi connectivity index (χ0n) is 11.8. The first kappa shape index (κ1) is 17.3. The van der Waals surface area contributed by atoms with Crippen molar-refractivity contribution in [2.24, 2.45) is 0 Å². The number of rotatable bonds is 7. The van der Waals surface area contributed by atoms with Crippen molar-refractivity contribution in [2.45, 2.75) is 32.0 Å². The van der Waals surface area contributed by atoms with Crippen LogP contribution in [0.15, 0.2) is 24.3 Å². The minimum absolute atomic E-state index is 0.0440. The van der Waals surface area contributed by atoms with Crippen LogP contribution < -0.4 is 10.1 Å². The van der Waals surface area contributed by atoms with Gasteiger partial charge in [0.05, 0.1) is 12.2 Å². The summed E-state index contributed by atoms with van der Waals surface area (Å²) in [4.78, 5) is 11.2. The van der Waals surface area contributed by atoms with E-state index in [9.17, 15) is 18.0 Å². The van der Waals surface area contributed by atoms with E-state index in [1.165, 1.54) is 25.1 Å². The van der Waals surface area contributed by atoms with Crippen LogP contribution in [0.5, 0.6) is 5.75 Å². The Hall–Kier alpha value is -1.76. The maximum Gasteiger partial charge on any atom is 0.419 e. The van der Waals surface area contributed by atoms with Crippen LogP contribution in [0.1, 0.15) is 25.8 Å². The van der Waals surface area contributed by atoms with E-state index in [2.05, 4.69) is 5.32 Å². The Balaban J connectivity index is 2.74. The van der Waals surface area contributed by atoms with E-state index in [0.29, 0.717) is 6.54 Å². The maximum atomic E-state index is 12.8. The molecule has 1 rings (SSSR count). The van der Waals surface area contributed by atoms with Gasteiger partial charge in [0.15, 0.2) is 0 Å². The largest absolute Gasteiger partial charge is 0.493 e. The minimum Gasteiger partial charge on any atom is -0.493 e. The SMILES string of the molecule is CCNC(C)(CCOc1ccccc1C(F)(F)F)C(=O)O. The van der Waals surface area contributed by atoms with Gasteiger partial charge in [-0.3, -0.25) is 4.79 Å². The molecule has 118 valence electrons. The summed E-state index contributed by atoms with van der Waals surface area (Å²) in [5.74, 6) is -1.37. The summed E-state index contributed by atoms with van der Waals surface area (Å²) in [5.41, 5.74) is -2.10. The molecule has 0 aliphatic heterocycles. The third kappa shape index (κ3) is 4.63. The number of nitrogens with one attached hydrogen (secondary N) is 1. The fourth-order valence-corrected chi connectivity index (χ4v) is 1.85. The van der Waals surface area contributed by atoms with Crippen molar-refractivity contribution in [1.29, 1.82) is 0 Å². The maximum absolute atomic E-state index is 12.8. The molecular weight excluding hydrogens is 287 g/mol. The summed E-state index contributed by atoms with van der Waals surface area (Å²) in [5, 5.41) is 11.9. The lowest BCUT2D eigenvalue weighted by Crippen LogP contribution is -2.50. The number of carboxylic acids is 1. The molecule has 0 spiro atoms. The van der Waals surface area contributed by atoms with Crippen LogP contribution in [0.3, 0.4) is 0 Å². The van der Waals surface area contributed by atoms with Crippen molar-refractivity contribution in [2.75, 3.05) is 13.2 Å². The van der Waals surface area contributed by atoms with Gasteiger partial charge in [0.1, 0.15) is 11.3 Å². The molecule has 0 saturated heterocycles. The quantitative estimate of drug-likeness (QED) is 0.813. The second-order valence-corrected chi connectivity index (χ2v) is 4.76. The summed E-state index contributed by atoms with van der Waals surface area (Å²) < 4.78 is 43.4. The Morgan fingerprint density at radius 1 is 1.33 bits per heavy atom. The number of carboxylic acid groups (broad SMARTS) is 1. The number of hydrogen-bond acceptors (Lipinski definition) is 3. The Labute approximate surface area is 120 Å². The first-order valence-corrected chi connectivity index (χ1v) is 6.48. The Bertz CT molecular complexity index is 491. The predicted octanol–water partition coefficient (Wildman–Crippen LogP) is 2.93. The molecule has 0 amide bonds. The van der Waals surface area contributed by atoms with Crippen LogP contribution in [0.25, 0.3) is 0 Å². The van der Waals surface area contributed by atoms with E-state index >= 15 is 0 Å². The van der Waals surface area contributed by atoms with Crippen LogP contribution >= 0.6 is 0 Å². The highest BCUT2D eigenvalue weighted by Gasteiger charge is 2.35. The highest BCUT2D eigenvalue weighted by molar-refractivity contribution is 5.78. The molecule has 0 heterocycles. The van der Waals surface area contributed by atoms with Gasteiger partial charge in [-0.05, 0) is 25.6 Å². The van der Waals surface area contributed by atoms with Crippen LogP contribution in [0.4, 0.5) is 13.2 Å². The third-order valence-electron chi connectivity index (χ3n) is 3.09. The second-order valence-electron chi connectivity index (χ2n) is 4.76. The monoisotopic (exact) mass is 305 g/mol. The average Bonchev–Trinajstić information content (AvgIpc) is 2.38. The zero-order valence-corrected chi connectivity index (χ0v) is 11.8. The molecule has 0 aliphatic rings. The molecule has 1 aromatic rings. The molecule has 1 atom stereocenters. The molecule has 2 N–H and O–H groups in total.